The normalized spacial score (nSPS) is 37.3. The molecule has 0 saturated carbocycles. The molecule has 16 heteroatoms. The Balaban J connectivity index is 1.44. The Bertz CT molecular complexity index is 1870. The number of rotatable bonds is 10. The second-order valence-corrected chi connectivity index (χ2v) is 17.3. The predicted molar refractivity (Wildman–Crippen MR) is 214 cm³/mol. The van der Waals surface area contributed by atoms with E-state index < -0.39 is 83.1 Å². The van der Waals surface area contributed by atoms with Gasteiger partial charge in [-0.15, -0.1) is 0 Å². The number of pyridine rings is 1. The number of aromatic nitrogens is 1. The minimum absolute atomic E-state index is 0.0408. The van der Waals surface area contributed by atoms with E-state index in [0.29, 0.717) is 12.8 Å². The first-order valence-corrected chi connectivity index (χ1v) is 20.4. The number of carbonyl (C=O) groups excluding carboxylic acids is 5. The molecule has 326 valence electrons. The van der Waals surface area contributed by atoms with Crippen LogP contribution in [0.1, 0.15) is 79.7 Å². The van der Waals surface area contributed by atoms with Crippen LogP contribution in [0.5, 0.6) is 0 Å². The zero-order valence-electron chi connectivity index (χ0n) is 35.8. The molecule has 13 atom stereocenters. The Hall–Kier alpha value is -4.09. The second kappa shape index (κ2) is 18.3. The van der Waals surface area contributed by atoms with Gasteiger partial charge in [-0.25, -0.2) is 14.0 Å². The number of ketones is 2. The first-order chi connectivity index (χ1) is 27.6. The maximum atomic E-state index is 17.0. The molecule has 15 nitrogen and oxygen atoms in total. The van der Waals surface area contributed by atoms with Gasteiger partial charge in [-0.2, -0.15) is 0 Å². The third-order valence-electron chi connectivity index (χ3n) is 12.7. The largest absolute Gasteiger partial charge is 0.455 e. The highest BCUT2D eigenvalue weighted by Crippen LogP contribution is 2.41. The Morgan fingerprint density at radius 1 is 1.07 bits per heavy atom. The van der Waals surface area contributed by atoms with E-state index in [9.17, 15) is 29.1 Å². The molecule has 0 bridgehead atoms. The smallest absolute Gasteiger partial charge is 0.408 e. The fraction of sp³-hybridized carbons (Fsp3) is 0.674. The fourth-order valence-electron chi connectivity index (χ4n) is 9.10. The number of aliphatic hydroxyl groups excluding tert-OH is 1. The molecule has 4 unspecified atom stereocenters. The number of benzene rings is 1. The summed E-state index contributed by atoms with van der Waals surface area (Å²) in [5.41, 5.74) is -4.74. The number of alkyl halides is 1. The summed E-state index contributed by atoms with van der Waals surface area (Å²) in [6.07, 6.45) is -3.98. The highest BCUT2D eigenvalue weighted by atomic mass is 19.1. The number of ether oxygens (including phenoxy) is 5. The number of nitrogens with one attached hydrogen (secondary N) is 2. The van der Waals surface area contributed by atoms with E-state index in [-0.39, 0.29) is 49.6 Å². The lowest BCUT2D eigenvalue weighted by atomic mass is 9.73. The fourth-order valence-corrected chi connectivity index (χ4v) is 9.10. The summed E-state index contributed by atoms with van der Waals surface area (Å²) in [6.45, 7) is 10.3. The zero-order chi connectivity index (χ0) is 43.6. The summed E-state index contributed by atoms with van der Waals surface area (Å²) >= 11 is 0. The van der Waals surface area contributed by atoms with Gasteiger partial charge in [0.2, 0.25) is 5.91 Å². The predicted octanol–water partition coefficient (Wildman–Crippen LogP) is 3.85. The van der Waals surface area contributed by atoms with Crippen LogP contribution in [0.15, 0.2) is 36.5 Å². The van der Waals surface area contributed by atoms with E-state index in [1.165, 1.54) is 21.0 Å². The number of aliphatic hydroxyl groups is 1. The number of para-hydroxylation sites is 1. The van der Waals surface area contributed by atoms with Crippen LogP contribution in [0.25, 0.3) is 10.9 Å². The van der Waals surface area contributed by atoms with E-state index >= 15 is 4.39 Å². The summed E-state index contributed by atoms with van der Waals surface area (Å²) < 4.78 is 47.1. The van der Waals surface area contributed by atoms with Crippen molar-refractivity contribution in [1.82, 2.24) is 20.5 Å². The number of Topliss-reactive ketones (excluding diaryl/α,β-unsaturated/α-hetero) is 2. The number of esters is 1. The van der Waals surface area contributed by atoms with Crippen molar-refractivity contribution in [1.29, 1.82) is 0 Å². The van der Waals surface area contributed by atoms with Gasteiger partial charge in [-0.3, -0.25) is 19.4 Å². The van der Waals surface area contributed by atoms with Gasteiger partial charge in [-0.1, -0.05) is 39.0 Å². The molecule has 1 aromatic heterocycles. The van der Waals surface area contributed by atoms with Gasteiger partial charge in [-0.05, 0) is 78.7 Å². The molecule has 3 aliphatic heterocycles. The van der Waals surface area contributed by atoms with Crippen molar-refractivity contribution in [2.45, 2.75) is 140 Å². The van der Waals surface area contributed by atoms with Gasteiger partial charge in [0.1, 0.15) is 18.0 Å². The molecule has 5 rings (SSSR count). The average molecular weight is 829 g/mol. The maximum Gasteiger partial charge on any atom is 0.408 e. The zero-order valence-corrected chi connectivity index (χ0v) is 35.8. The number of hydrogen-bond acceptors (Lipinski definition) is 13. The summed E-state index contributed by atoms with van der Waals surface area (Å²) in [7, 11) is 4.98. The Labute approximate surface area is 345 Å². The number of likely N-dealkylation sites (N-methyl/N-ethyl adjacent to an activating group) is 1. The topological polar surface area (TPSA) is 192 Å². The van der Waals surface area contributed by atoms with E-state index in [2.05, 4.69) is 15.6 Å². The minimum atomic E-state index is -3.27. The van der Waals surface area contributed by atoms with Crippen molar-refractivity contribution in [3.63, 3.8) is 0 Å². The maximum absolute atomic E-state index is 17.0. The first-order valence-electron chi connectivity index (χ1n) is 20.4. The molecule has 0 radical (unpaired) electrons. The van der Waals surface area contributed by atoms with Crippen LogP contribution in [0.4, 0.5) is 9.18 Å². The third kappa shape index (κ3) is 9.62. The number of nitrogens with zero attached hydrogens (tertiary/aromatic N) is 2. The second-order valence-electron chi connectivity index (χ2n) is 17.3. The number of halogens is 1. The summed E-state index contributed by atoms with van der Waals surface area (Å²) in [5.74, 6) is -6.52. The van der Waals surface area contributed by atoms with Crippen LogP contribution < -0.4 is 10.6 Å². The molecule has 3 N–H and O–H groups in total. The average Bonchev–Trinajstić information content (AvgIpc) is 3.51. The van der Waals surface area contributed by atoms with E-state index in [1.54, 1.807) is 41.1 Å². The number of cyclic esters (lactones) is 1. The standard InChI is InChI=1S/C43H61FN4O11/c1-23-22-41(5,55-10)37(58-38-34(51)30(48(8)9)21-24(2)56-38)26(4)36(52)42(6,44)39(53)57-31(43(7)35(25(3)33(23)50)47-40(54)59-43)18-20-46-32(49)16-15-27-17-19-45-29-14-12-11-13-28(27)29/h11-14,17,19,23-26,30-31,34-35,37-38,51H,15-16,18,20-22H2,1-10H3,(H,46,49)(H,47,54)/t23-,24?,25+,26+,30?,31-,34?,35-,37-,38?,41-,42+,43-/m1/s1. The Morgan fingerprint density at radius 2 is 1.76 bits per heavy atom. The van der Waals surface area contributed by atoms with Crippen molar-refractivity contribution in [3.05, 3.63) is 42.1 Å². The van der Waals surface area contributed by atoms with Crippen LogP contribution in [0.2, 0.25) is 0 Å². The number of methoxy groups -OCH3 is 1. The minimum Gasteiger partial charge on any atom is -0.455 e. The SMILES string of the molecule is CO[C@]1(C)C[C@@H](C)C(=O)[C@H](C)[C@H]2NC(=O)O[C@]2(C)[C@@H](CCNC(=O)CCc2ccnc3ccccc23)OC(=O)[C@@](C)(F)C(=O)[C@H](C)[C@H]1OC1OC(C)CC(N(C)C)C1O. The number of hydrogen-bond donors (Lipinski definition) is 3. The molecule has 0 spiro atoms. The van der Waals surface area contributed by atoms with Crippen molar-refractivity contribution in [3.8, 4) is 0 Å². The molecular formula is C43H61FN4O11. The molecule has 59 heavy (non-hydrogen) atoms. The lowest BCUT2D eigenvalue weighted by Gasteiger charge is -2.47. The van der Waals surface area contributed by atoms with Crippen molar-refractivity contribution in [2.75, 3.05) is 27.7 Å². The molecule has 2 aromatic rings. The number of alkyl carbamates (subject to hydrolysis) is 1. The molecule has 2 amide bonds. The molecule has 0 aliphatic carbocycles. The molecular weight excluding hydrogens is 767 g/mol. The van der Waals surface area contributed by atoms with Crippen molar-refractivity contribution in [2.24, 2.45) is 17.8 Å². The number of carbonyl (C=O) groups is 5. The highest BCUT2D eigenvalue weighted by Gasteiger charge is 2.59. The van der Waals surface area contributed by atoms with Gasteiger partial charge in [0.25, 0.3) is 5.67 Å². The van der Waals surface area contributed by atoms with Gasteiger partial charge in [0, 0.05) is 61.9 Å². The molecule has 3 fully saturated rings. The number of aryl methyl sites for hydroxylation is 1. The van der Waals surface area contributed by atoms with Crippen LogP contribution in [-0.4, -0.2) is 132 Å². The number of amides is 2. The number of fused-ring (bicyclic) bond motifs is 2. The summed E-state index contributed by atoms with van der Waals surface area (Å²) in [4.78, 5) is 75.0. The monoisotopic (exact) mass is 828 g/mol. The lowest BCUT2D eigenvalue weighted by molar-refractivity contribution is -0.295. The van der Waals surface area contributed by atoms with Crippen LogP contribution >= 0.6 is 0 Å². The van der Waals surface area contributed by atoms with E-state index in [4.69, 9.17) is 23.7 Å². The quantitative estimate of drug-likeness (QED) is 0.232. The van der Waals surface area contributed by atoms with Crippen LogP contribution in [-0.2, 0) is 49.3 Å². The van der Waals surface area contributed by atoms with Gasteiger partial charge in [0.05, 0.1) is 29.4 Å². The third-order valence-corrected chi connectivity index (χ3v) is 12.7. The first kappa shape index (κ1) is 46.0. The van der Waals surface area contributed by atoms with Gasteiger partial charge in [0.15, 0.2) is 17.7 Å². The Kier molecular flexibility index (Phi) is 14.2. The van der Waals surface area contributed by atoms with Crippen LogP contribution in [0, 0.1) is 17.8 Å². The lowest BCUT2D eigenvalue weighted by Crippen LogP contribution is -2.61. The molecule has 3 aliphatic rings. The highest BCUT2D eigenvalue weighted by molar-refractivity contribution is 6.08. The molecule has 3 saturated heterocycles. The van der Waals surface area contributed by atoms with Gasteiger partial charge < -0.3 is 44.3 Å². The van der Waals surface area contributed by atoms with Crippen molar-refractivity contribution < 1.29 is 57.2 Å². The molecule has 4 heterocycles. The van der Waals surface area contributed by atoms with Gasteiger partial charge >= 0.3 is 12.1 Å². The van der Waals surface area contributed by atoms with E-state index in [0.717, 1.165) is 23.4 Å². The van der Waals surface area contributed by atoms with E-state index in [1.807, 2.05) is 42.2 Å². The van der Waals surface area contributed by atoms with Crippen LogP contribution in [0.3, 0.4) is 0 Å². The summed E-state index contributed by atoms with van der Waals surface area (Å²) in [6, 6.07) is 7.99. The summed E-state index contributed by atoms with van der Waals surface area (Å²) in [5, 5.41) is 17.8. The van der Waals surface area contributed by atoms with Crippen molar-refractivity contribution >= 4 is 40.4 Å². The molecule has 1 aromatic carbocycles. The Morgan fingerprint density at radius 3 is 2.44 bits per heavy atom.